The summed E-state index contributed by atoms with van der Waals surface area (Å²) in [6.07, 6.45) is 0.961. The first-order valence-corrected chi connectivity index (χ1v) is 7.71. The second kappa shape index (κ2) is 5.64. The van der Waals surface area contributed by atoms with Crippen LogP contribution >= 0.6 is 11.6 Å². The highest BCUT2D eigenvalue weighted by atomic mass is 35.5. The summed E-state index contributed by atoms with van der Waals surface area (Å²) in [4.78, 5) is 14.7. The van der Waals surface area contributed by atoms with E-state index in [9.17, 15) is 9.18 Å². The quantitative estimate of drug-likeness (QED) is 0.766. The molecule has 0 N–H and O–H groups in total. The van der Waals surface area contributed by atoms with E-state index in [1.807, 2.05) is 11.0 Å². The lowest BCUT2D eigenvalue weighted by Gasteiger charge is -2.25. The molecule has 0 aliphatic carbocycles. The lowest BCUT2D eigenvalue weighted by atomic mass is 10.0. The highest BCUT2D eigenvalue weighted by molar-refractivity contribution is 6.18. The zero-order chi connectivity index (χ0) is 15.0. The summed E-state index contributed by atoms with van der Waals surface area (Å²) in [5, 5.41) is 1.15. The van der Waals surface area contributed by atoms with Crippen LogP contribution in [0.1, 0.15) is 23.7 Å². The van der Waals surface area contributed by atoms with Crippen LogP contribution < -0.4 is 0 Å². The Bertz CT molecular complexity index is 688. The average Bonchev–Trinajstić information content (AvgIpc) is 2.88. The zero-order valence-electron chi connectivity index (χ0n) is 11.9. The third-order valence-electron chi connectivity index (χ3n) is 4.40. The summed E-state index contributed by atoms with van der Waals surface area (Å²) < 4.78 is 13.9. The number of alkyl halides is 1. The van der Waals surface area contributed by atoms with E-state index in [-0.39, 0.29) is 17.8 Å². The van der Waals surface area contributed by atoms with E-state index >= 15 is 0 Å². The fourth-order valence-corrected chi connectivity index (χ4v) is 3.57. The highest BCUT2D eigenvalue weighted by Gasteiger charge is 2.34. The Morgan fingerprint density at radius 2 is 2.00 bits per heavy atom. The molecule has 0 radical (unpaired) electrons. The first-order chi connectivity index (χ1) is 10.1. The number of likely N-dealkylation sites (tertiary alicyclic amines) is 1. The number of nitrogens with zero attached hydrogens (tertiary/aromatic N) is 1. The molecular formula is C17H17ClFNO. The van der Waals surface area contributed by atoms with E-state index in [0.717, 1.165) is 6.42 Å². The van der Waals surface area contributed by atoms with Gasteiger partial charge < -0.3 is 4.90 Å². The Morgan fingerprint density at radius 3 is 2.71 bits per heavy atom. The van der Waals surface area contributed by atoms with Gasteiger partial charge in [0.25, 0.3) is 5.91 Å². The third-order valence-corrected chi connectivity index (χ3v) is 4.72. The van der Waals surface area contributed by atoms with Gasteiger partial charge in [0, 0.05) is 29.4 Å². The Labute approximate surface area is 128 Å². The summed E-state index contributed by atoms with van der Waals surface area (Å²) >= 11 is 6.02. The number of halogens is 2. The first kappa shape index (κ1) is 14.3. The highest BCUT2D eigenvalue weighted by Crippen LogP contribution is 2.29. The van der Waals surface area contributed by atoms with Crippen LogP contribution in [0, 0.1) is 11.7 Å². The molecule has 1 aliphatic heterocycles. The molecule has 1 aliphatic rings. The molecule has 2 aromatic carbocycles. The van der Waals surface area contributed by atoms with Crippen molar-refractivity contribution in [1.82, 2.24) is 4.90 Å². The average molecular weight is 306 g/mol. The second-order valence-electron chi connectivity index (χ2n) is 5.63. The number of amides is 1. The summed E-state index contributed by atoms with van der Waals surface area (Å²) in [5.74, 6) is 0.483. The summed E-state index contributed by atoms with van der Waals surface area (Å²) in [6.45, 7) is 2.83. The predicted octanol–water partition coefficient (Wildman–Crippen LogP) is 4.07. The van der Waals surface area contributed by atoms with Crippen molar-refractivity contribution < 1.29 is 9.18 Å². The van der Waals surface area contributed by atoms with Crippen LogP contribution in [0.2, 0.25) is 0 Å². The van der Waals surface area contributed by atoms with Crippen molar-refractivity contribution >= 4 is 28.3 Å². The van der Waals surface area contributed by atoms with E-state index in [1.165, 1.54) is 6.07 Å². The smallest absolute Gasteiger partial charge is 0.254 e. The van der Waals surface area contributed by atoms with Crippen molar-refractivity contribution in [2.75, 3.05) is 12.4 Å². The lowest BCUT2D eigenvalue weighted by molar-refractivity contribution is 0.0739. The molecule has 0 aromatic heterocycles. The number of fused-ring (bicyclic) bond motifs is 1. The minimum Gasteiger partial charge on any atom is -0.334 e. The fourth-order valence-electron chi connectivity index (χ4n) is 3.10. The molecule has 1 fully saturated rings. The molecule has 2 aromatic rings. The normalized spacial score (nSPS) is 22.0. The predicted molar refractivity (Wildman–Crippen MR) is 83.2 cm³/mol. The van der Waals surface area contributed by atoms with E-state index in [2.05, 4.69) is 6.92 Å². The molecule has 1 saturated heterocycles. The SMILES string of the molecule is CC1CCN(C(=O)c2ccc(F)c3ccccc23)C1CCl. The van der Waals surface area contributed by atoms with Gasteiger partial charge in [-0.15, -0.1) is 11.6 Å². The van der Waals surface area contributed by atoms with Crippen molar-refractivity contribution in [1.29, 1.82) is 0 Å². The summed E-state index contributed by atoms with van der Waals surface area (Å²) in [6, 6.07) is 10.1. The topological polar surface area (TPSA) is 20.3 Å². The molecule has 21 heavy (non-hydrogen) atoms. The Hall–Kier alpha value is -1.61. The van der Waals surface area contributed by atoms with Crippen LogP contribution in [0.15, 0.2) is 36.4 Å². The molecular weight excluding hydrogens is 289 g/mol. The first-order valence-electron chi connectivity index (χ1n) is 7.17. The Balaban J connectivity index is 2.05. The maximum atomic E-state index is 13.9. The lowest BCUT2D eigenvalue weighted by Crippen LogP contribution is -2.38. The molecule has 3 rings (SSSR count). The zero-order valence-corrected chi connectivity index (χ0v) is 12.6. The monoisotopic (exact) mass is 305 g/mol. The van der Waals surface area contributed by atoms with E-state index in [4.69, 9.17) is 11.6 Å². The van der Waals surface area contributed by atoms with Crippen LogP contribution in [0.5, 0.6) is 0 Å². The van der Waals surface area contributed by atoms with Crippen LogP contribution in [0.4, 0.5) is 4.39 Å². The Morgan fingerprint density at radius 1 is 1.29 bits per heavy atom. The van der Waals surface area contributed by atoms with Gasteiger partial charge in [0.2, 0.25) is 0 Å². The molecule has 2 unspecified atom stereocenters. The molecule has 1 amide bonds. The van der Waals surface area contributed by atoms with Gasteiger partial charge in [0.15, 0.2) is 0 Å². The van der Waals surface area contributed by atoms with Gasteiger partial charge in [0.05, 0.1) is 0 Å². The number of carbonyl (C=O) groups excluding carboxylic acids is 1. The molecule has 110 valence electrons. The largest absolute Gasteiger partial charge is 0.334 e. The molecule has 2 nitrogen and oxygen atoms in total. The van der Waals surface area contributed by atoms with Crippen LogP contribution in [-0.2, 0) is 0 Å². The van der Waals surface area contributed by atoms with Crippen molar-refractivity contribution in [2.24, 2.45) is 5.92 Å². The summed E-state index contributed by atoms with van der Waals surface area (Å²) in [5.41, 5.74) is 0.552. The third kappa shape index (κ3) is 2.40. The van der Waals surface area contributed by atoms with Gasteiger partial charge >= 0.3 is 0 Å². The van der Waals surface area contributed by atoms with Gasteiger partial charge in [0.1, 0.15) is 5.82 Å². The second-order valence-corrected chi connectivity index (χ2v) is 5.94. The van der Waals surface area contributed by atoms with Gasteiger partial charge in [-0.3, -0.25) is 4.79 Å². The Kier molecular flexibility index (Phi) is 3.85. The molecule has 0 saturated carbocycles. The minimum absolute atomic E-state index is 0.0544. The molecule has 1 heterocycles. The van der Waals surface area contributed by atoms with E-state index < -0.39 is 0 Å². The van der Waals surface area contributed by atoms with E-state index in [1.54, 1.807) is 24.3 Å². The maximum Gasteiger partial charge on any atom is 0.254 e. The van der Waals surface area contributed by atoms with Gasteiger partial charge in [-0.2, -0.15) is 0 Å². The van der Waals surface area contributed by atoms with Crippen molar-refractivity contribution in [3.8, 4) is 0 Å². The minimum atomic E-state index is -0.300. The molecule has 4 heteroatoms. The standard InChI is InChI=1S/C17H17ClFNO/c1-11-8-9-20(16(11)10-18)17(21)14-6-7-15(19)13-5-3-2-4-12(13)14/h2-7,11,16H,8-10H2,1H3. The number of rotatable bonds is 2. The maximum absolute atomic E-state index is 13.9. The van der Waals surface area contributed by atoms with Crippen molar-refractivity contribution in [2.45, 2.75) is 19.4 Å². The van der Waals surface area contributed by atoms with Crippen LogP contribution in [0.25, 0.3) is 10.8 Å². The van der Waals surface area contributed by atoms with Gasteiger partial charge in [-0.25, -0.2) is 4.39 Å². The molecule has 0 bridgehead atoms. The van der Waals surface area contributed by atoms with Gasteiger partial charge in [-0.1, -0.05) is 31.2 Å². The number of carbonyl (C=O) groups is 1. The molecule has 2 atom stereocenters. The number of benzene rings is 2. The van der Waals surface area contributed by atoms with Crippen molar-refractivity contribution in [3.05, 3.63) is 47.8 Å². The fraction of sp³-hybridized carbons (Fsp3) is 0.353. The number of hydrogen-bond acceptors (Lipinski definition) is 1. The van der Waals surface area contributed by atoms with Gasteiger partial charge in [-0.05, 0) is 29.9 Å². The van der Waals surface area contributed by atoms with E-state index in [0.29, 0.717) is 34.7 Å². The number of hydrogen-bond donors (Lipinski definition) is 0. The summed E-state index contributed by atoms with van der Waals surface area (Å²) in [7, 11) is 0. The van der Waals surface area contributed by atoms with Crippen LogP contribution in [0.3, 0.4) is 0 Å². The van der Waals surface area contributed by atoms with Crippen molar-refractivity contribution in [3.63, 3.8) is 0 Å². The molecule has 0 spiro atoms. The van der Waals surface area contributed by atoms with Crippen LogP contribution in [-0.4, -0.2) is 29.3 Å².